The molecule has 0 unspecified atom stereocenters. The molecular weight excluding hydrogens is 286 g/mol. The van der Waals surface area contributed by atoms with Crippen LogP contribution in [-0.2, 0) is 4.74 Å². The fraction of sp³-hybridized carbons (Fsp3) is 0.727. The predicted octanol–water partition coefficient (Wildman–Crippen LogP) is 3.05. The van der Waals surface area contributed by atoms with E-state index in [1.807, 2.05) is 27.0 Å². The van der Waals surface area contributed by atoms with Crippen molar-refractivity contribution in [1.29, 1.82) is 0 Å². The van der Waals surface area contributed by atoms with E-state index in [1.54, 1.807) is 11.8 Å². The Hall–Kier alpha value is -1.02. The lowest BCUT2D eigenvalue weighted by Crippen LogP contribution is -2.35. The van der Waals surface area contributed by atoms with Crippen LogP contribution in [0.3, 0.4) is 0 Å². The van der Waals surface area contributed by atoms with E-state index < -0.39 is 11.7 Å². The van der Waals surface area contributed by atoms with Gasteiger partial charge in [-0.3, -0.25) is 0 Å². The van der Waals surface area contributed by atoms with Crippen molar-refractivity contribution in [3.05, 3.63) is 10.7 Å². The third-order valence-corrected chi connectivity index (χ3v) is 2.87. The van der Waals surface area contributed by atoms with Crippen LogP contribution in [0, 0.1) is 4.84 Å². The van der Waals surface area contributed by atoms with E-state index in [-0.39, 0.29) is 10.9 Å². The zero-order valence-corrected chi connectivity index (χ0v) is 13.1. The summed E-state index contributed by atoms with van der Waals surface area (Å²) >= 11 is 6.51. The highest BCUT2D eigenvalue weighted by Gasteiger charge is 2.23. The molecule has 0 aliphatic carbocycles. The highest BCUT2D eigenvalue weighted by atomic mass is 32.2. The minimum Gasteiger partial charge on any atom is -0.444 e. The Morgan fingerprint density at radius 3 is 2.79 bits per heavy atom. The number of hydrogen-bond donors (Lipinski definition) is 2. The SMILES string of the molecule is CSCC[C@H](NC(=O)OC(C)(C)C)c1n[nH]c(=S)o1. The number of rotatable bonds is 5. The number of hydrogen-bond acceptors (Lipinski definition) is 6. The second-order valence-electron chi connectivity index (χ2n) is 4.93. The molecule has 1 heterocycles. The number of alkyl carbamates (subject to hydrolysis) is 1. The standard InChI is InChI=1S/C11H19N3O3S2/c1-11(2,3)17-9(15)12-7(5-6-19-4)8-13-14-10(18)16-8/h7H,5-6H2,1-4H3,(H,12,15)(H,14,18)/t7-/m0/s1. The largest absolute Gasteiger partial charge is 0.444 e. The van der Waals surface area contributed by atoms with Crippen LogP contribution in [0.4, 0.5) is 4.79 Å². The van der Waals surface area contributed by atoms with Crippen LogP contribution in [-0.4, -0.2) is 33.9 Å². The van der Waals surface area contributed by atoms with E-state index in [0.29, 0.717) is 12.3 Å². The first-order valence-corrected chi connectivity index (χ1v) is 7.66. The lowest BCUT2D eigenvalue weighted by Gasteiger charge is -2.22. The Labute approximate surface area is 121 Å². The lowest BCUT2D eigenvalue weighted by atomic mass is 10.2. The average molecular weight is 305 g/mol. The molecule has 1 aromatic rings. The second-order valence-corrected chi connectivity index (χ2v) is 6.29. The molecule has 0 aliphatic rings. The molecule has 19 heavy (non-hydrogen) atoms. The maximum atomic E-state index is 11.8. The highest BCUT2D eigenvalue weighted by molar-refractivity contribution is 7.98. The van der Waals surface area contributed by atoms with Crippen LogP contribution in [0.1, 0.15) is 39.1 Å². The number of thioether (sulfide) groups is 1. The summed E-state index contributed by atoms with van der Waals surface area (Å²) < 4.78 is 10.5. The number of amides is 1. The van der Waals surface area contributed by atoms with Gasteiger partial charge in [-0.05, 0) is 51.4 Å². The van der Waals surface area contributed by atoms with Crippen LogP contribution in [0.5, 0.6) is 0 Å². The van der Waals surface area contributed by atoms with E-state index in [2.05, 4.69) is 15.5 Å². The molecular formula is C11H19N3O3S2. The topological polar surface area (TPSA) is 80.1 Å². The van der Waals surface area contributed by atoms with Crippen molar-refractivity contribution in [3.8, 4) is 0 Å². The molecule has 6 nitrogen and oxygen atoms in total. The average Bonchev–Trinajstić information content (AvgIpc) is 2.68. The van der Waals surface area contributed by atoms with Gasteiger partial charge in [-0.2, -0.15) is 11.8 Å². The minimum absolute atomic E-state index is 0.190. The van der Waals surface area contributed by atoms with Crippen LogP contribution in [0.2, 0.25) is 0 Å². The molecule has 108 valence electrons. The first-order valence-electron chi connectivity index (χ1n) is 5.85. The van der Waals surface area contributed by atoms with Crippen molar-refractivity contribution in [1.82, 2.24) is 15.5 Å². The summed E-state index contributed by atoms with van der Waals surface area (Å²) in [6.07, 6.45) is 2.18. The molecule has 0 radical (unpaired) electrons. The summed E-state index contributed by atoms with van der Waals surface area (Å²) in [5.74, 6) is 1.22. The van der Waals surface area contributed by atoms with Crippen molar-refractivity contribution < 1.29 is 13.9 Å². The van der Waals surface area contributed by atoms with Gasteiger partial charge in [0.25, 0.3) is 4.84 Å². The number of aromatic amines is 1. The number of carbonyl (C=O) groups excluding carboxylic acids is 1. The summed E-state index contributed by atoms with van der Waals surface area (Å²) in [6, 6.07) is -0.352. The molecule has 0 aromatic carbocycles. The molecule has 0 saturated carbocycles. The maximum Gasteiger partial charge on any atom is 0.408 e. The summed E-state index contributed by atoms with van der Waals surface area (Å²) in [5, 5.41) is 9.23. The summed E-state index contributed by atoms with van der Waals surface area (Å²) in [6.45, 7) is 5.43. The van der Waals surface area contributed by atoms with Crippen molar-refractivity contribution in [2.45, 2.75) is 38.8 Å². The fourth-order valence-corrected chi connectivity index (χ4v) is 1.94. The maximum absolute atomic E-state index is 11.8. The van der Waals surface area contributed by atoms with Crippen LogP contribution in [0.15, 0.2) is 4.42 Å². The van der Waals surface area contributed by atoms with Gasteiger partial charge in [0.05, 0.1) is 0 Å². The van der Waals surface area contributed by atoms with Crippen molar-refractivity contribution in [3.63, 3.8) is 0 Å². The monoisotopic (exact) mass is 305 g/mol. The number of nitrogens with one attached hydrogen (secondary N) is 2. The second kappa shape index (κ2) is 6.95. The summed E-state index contributed by atoms with van der Waals surface area (Å²) in [5.41, 5.74) is -0.542. The molecule has 1 rings (SSSR count). The molecule has 0 saturated heterocycles. The number of nitrogens with zero attached hydrogens (tertiary/aromatic N) is 1. The fourth-order valence-electron chi connectivity index (χ4n) is 1.33. The van der Waals surface area contributed by atoms with E-state index in [4.69, 9.17) is 21.4 Å². The molecule has 2 N–H and O–H groups in total. The predicted molar refractivity (Wildman–Crippen MR) is 76.8 cm³/mol. The Morgan fingerprint density at radius 2 is 2.32 bits per heavy atom. The van der Waals surface area contributed by atoms with Gasteiger partial charge in [-0.25, -0.2) is 9.89 Å². The molecule has 0 spiro atoms. The van der Waals surface area contributed by atoms with E-state index in [0.717, 1.165) is 5.75 Å². The van der Waals surface area contributed by atoms with Gasteiger partial charge in [0.1, 0.15) is 11.6 Å². The quantitative estimate of drug-likeness (QED) is 0.814. The molecule has 0 fully saturated rings. The van der Waals surface area contributed by atoms with Crippen molar-refractivity contribution >= 4 is 30.1 Å². The van der Waals surface area contributed by atoms with Gasteiger partial charge in [0.15, 0.2) is 0 Å². The summed E-state index contributed by atoms with van der Waals surface area (Å²) in [7, 11) is 0. The minimum atomic E-state index is -0.542. The van der Waals surface area contributed by atoms with Crippen LogP contribution < -0.4 is 5.32 Å². The van der Waals surface area contributed by atoms with Gasteiger partial charge in [0.2, 0.25) is 5.89 Å². The molecule has 1 aromatic heterocycles. The first kappa shape index (κ1) is 16.0. The van der Waals surface area contributed by atoms with E-state index in [9.17, 15) is 4.79 Å². The zero-order chi connectivity index (χ0) is 14.5. The van der Waals surface area contributed by atoms with Crippen molar-refractivity contribution in [2.24, 2.45) is 0 Å². The van der Waals surface area contributed by atoms with Crippen LogP contribution in [0.25, 0.3) is 0 Å². The number of carbonyl (C=O) groups is 1. The van der Waals surface area contributed by atoms with Gasteiger partial charge in [-0.15, -0.1) is 5.10 Å². The smallest absolute Gasteiger partial charge is 0.408 e. The Balaban J connectivity index is 2.70. The van der Waals surface area contributed by atoms with Gasteiger partial charge in [0, 0.05) is 0 Å². The Bertz CT molecular complexity index is 464. The van der Waals surface area contributed by atoms with E-state index in [1.165, 1.54) is 0 Å². The third kappa shape index (κ3) is 6.11. The van der Waals surface area contributed by atoms with Gasteiger partial charge < -0.3 is 14.5 Å². The normalized spacial score (nSPS) is 13.1. The number of H-pyrrole nitrogens is 1. The molecule has 8 heteroatoms. The lowest BCUT2D eigenvalue weighted by molar-refractivity contribution is 0.0494. The molecule has 0 bridgehead atoms. The number of ether oxygens (including phenoxy) is 1. The Kier molecular flexibility index (Phi) is 5.86. The molecule has 0 aliphatic heterocycles. The molecule has 1 atom stereocenters. The molecule has 1 amide bonds. The first-order chi connectivity index (χ1) is 8.81. The number of aromatic nitrogens is 2. The highest BCUT2D eigenvalue weighted by Crippen LogP contribution is 2.18. The van der Waals surface area contributed by atoms with Crippen LogP contribution >= 0.6 is 24.0 Å². The van der Waals surface area contributed by atoms with Crippen molar-refractivity contribution in [2.75, 3.05) is 12.0 Å². The van der Waals surface area contributed by atoms with Gasteiger partial charge in [-0.1, -0.05) is 0 Å². The van der Waals surface area contributed by atoms with E-state index >= 15 is 0 Å². The summed E-state index contributed by atoms with van der Waals surface area (Å²) in [4.78, 5) is 12.0. The third-order valence-electron chi connectivity index (χ3n) is 2.05. The Morgan fingerprint density at radius 1 is 1.63 bits per heavy atom. The van der Waals surface area contributed by atoms with Gasteiger partial charge >= 0.3 is 6.09 Å². The zero-order valence-electron chi connectivity index (χ0n) is 11.5.